The maximum atomic E-state index is 3.77. The molecule has 0 heterocycles. The first-order valence-electron chi connectivity index (χ1n) is 4.09. The fourth-order valence-electron chi connectivity index (χ4n) is 0.757. The van der Waals surface area contributed by atoms with Crippen molar-refractivity contribution in [2.75, 3.05) is 7.05 Å². The summed E-state index contributed by atoms with van der Waals surface area (Å²) in [7, 11) is 2.07. The van der Waals surface area contributed by atoms with Crippen LogP contribution in [-0.2, 0) is 0 Å². The van der Waals surface area contributed by atoms with Crippen molar-refractivity contribution in [1.82, 2.24) is 4.90 Å². The third-order valence-electron chi connectivity index (χ3n) is 2.99. The topological polar surface area (TPSA) is 3.24 Å². The fourth-order valence-corrected chi connectivity index (χ4v) is 0.757. The molecule has 0 saturated heterocycles. The lowest BCUT2D eigenvalue weighted by molar-refractivity contribution is 0.0823. The molecule has 66 valence electrons. The minimum atomic E-state index is 0.161. The van der Waals surface area contributed by atoms with Gasteiger partial charge in [0.1, 0.15) is 0 Å². The molecule has 0 bridgehead atoms. The van der Waals surface area contributed by atoms with E-state index in [2.05, 4.69) is 53.1 Å². The molecule has 11 heavy (non-hydrogen) atoms. The van der Waals surface area contributed by atoms with Gasteiger partial charge in [0.05, 0.1) is 0 Å². The first kappa shape index (κ1) is 10.5. The predicted octanol–water partition coefficient (Wildman–Crippen LogP) is 2.89. The van der Waals surface area contributed by atoms with Crippen molar-refractivity contribution < 1.29 is 0 Å². The molecule has 0 atom stereocenters. The maximum Gasteiger partial charge on any atom is 0.0385 e. The highest BCUT2D eigenvalue weighted by atomic mass is 15.2. The summed E-state index contributed by atoms with van der Waals surface area (Å²) < 4.78 is 0. The summed E-state index contributed by atoms with van der Waals surface area (Å²) in [6.07, 6.45) is 1.88. The molecule has 0 aliphatic heterocycles. The van der Waals surface area contributed by atoms with Gasteiger partial charge in [0.25, 0.3) is 0 Å². The van der Waals surface area contributed by atoms with E-state index in [4.69, 9.17) is 0 Å². The highest BCUT2D eigenvalue weighted by Crippen LogP contribution is 2.33. The molecule has 0 rings (SSSR count). The summed E-state index contributed by atoms with van der Waals surface area (Å²) in [5.74, 6) is 0. The molecule has 0 aliphatic carbocycles. The van der Waals surface area contributed by atoms with Crippen molar-refractivity contribution in [2.24, 2.45) is 5.41 Å². The van der Waals surface area contributed by atoms with Gasteiger partial charge in [-0.25, -0.2) is 0 Å². The third-order valence-corrected chi connectivity index (χ3v) is 2.99. The van der Waals surface area contributed by atoms with Crippen LogP contribution in [0.2, 0.25) is 0 Å². The zero-order valence-electron chi connectivity index (χ0n) is 8.73. The van der Waals surface area contributed by atoms with Crippen molar-refractivity contribution in [3.8, 4) is 0 Å². The molecule has 0 aromatic heterocycles. The summed E-state index contributed by atoms with van der Waals surface area (Å²) in [5, 5.41) is 0. The minimum Gasteiger partial charge on any atom is -0.375 e. The van der Waals surface area contributed by atoms with Gasteiger partial charge in [-0.05, 0) is 25.5 Å². The molecule has 0 saturated carbocycles. The largest absolute Gasteiger partial charge is 0.375 e. The predicted molar refractivity (Wildman–Crippen MR) is 51.5 cm³/mol. The number of hydrogen-bond acceptors (Lipinski definition) is 1. The first-order chi connectivity index (χ1) is 4.73. The molecule has 0 radical (unpaired) electrons. The lowest BCUT2D eigenvalue weighted by atomic mass is 9.75. The van der Waals surface area contributed by atoms with E-state index in [0.717, 1.165) is 0 Å². The zero-order valence-corrected chi connectivity index (χ0v) is 8.73. The van der Waals surface area contributed by atoms with Crippen LogP contribution in [0.1, 0.15) is 34.6 Å². The highest BCUT2D eigenvalue weighted by molar-refractivity contribution is 4.94. The van der Waals surface area contributed by atoms with E-state index in [9.17, 15) is 0 Å². The Balaban J connectivity index is 4.58. The standard InChI is InChI=1S/C10H21N/c1-8-11(7)10(5,6)9(2,3)4/h8H,1H2,2-7H3. The first-order valence-corrected chi connectivity index (χ1v) is 4.09. The molecule has 1 heteroatoms. The molecule has 0 amide bonds. The second-order valence-corrected chi connectivity index (χ2v) is 4.60. The molecule has 0 aliphatic rings. The van der Waals surface area contributed by atoms with E-state index >= 15 is 0 Å². The van der Waals surface area contributed by atoms with Gasteiger partial charge in [0, 0.05) is 12.6 Å². The van der Waals surface area contributed by atoms with Crippen LogP contribution in [0, 0.1) is 5.41 Å². The Morgan fingerprint density at radius 3 is 1.55 bits per heavy atom. The summed E-state index contributed by atoms with van der Waals surface area (Å²) in [4.78, 5) is 2.16. The summed E-state index contributed by atoms with van der Waals surface area (Å²) in [5.41, 5.74) is 0.435. The van der Waals surface area contributed by atoms with Crippen LogP contribution in [-0.4, -0.2) is 17.5 Å². The van der Waals surface area contributed by atoms with E-state index < -0.39 is 0 Å². The lowest BCUT2D eigenvalue weighted by Crippen LogP contribution is -2.48. The fraction of sp³-hybridized carbons (Fsp3) is 0.800. The Labute approximate surface area is 71.1 Å². The maximum absolute atomic E-state index is 3.77. The van der Waals surface area contributed by atoms with Crippen LogP contribution in [0.4, 0.5) is 0 Å². The van der Waals surface area contributed by atoms with E-state index in [1.165, 1.54) is 0 Å². The molecular formula is C10H21N. The van der Waals surface area contributed by atoms with Gasteiger partial charge in [-0.1, -0.05) is 27.4 Å². The third kappa shape index (κ3) is 1.98. The molecule has 0 aromatic rings. The van der Waals surface area contributed by atoms with Crippen LogP contribution >= 0.6 is 0 Å². The molecule has 0 fully saturated rings. The molecule has 0 aromatic carbocycles. The smallest absolute Gasteiger partial charge is 0.0385 e. The Bertz CT molecular complexity index is 139. The number of hydrogen-bond donors (Lipinski definition) is 0. The van der Waals surface area contributed by atoms with Crippen LogP contribution in [0.15, 0.2) is 12.8 Å². The monoisotopic (exact) mass is 155 g/mol. The van der Waals surface area contributed by atoms with Crippen LogP contribution in [0.3, 0.4) is 0 Å². The molecule has 0 spiro atoms. The molecular weight excluding hydrogens is 134 g/mol. The summed E-state index contributed by atoms with van der Waals surface area (Å²) >= 11 is 0. The van der Waals surface area contributed by atoms with E-state index in [1.54, 1.807) is 0 Å². The van der Waals surface area contributed by atoms with E-state index in [0.29, 0.717) is 0 Å². The van der Waals surface area contributed by atoms with Crippen molar-refractivity contribution in [3.63, 3.8) is 0 Å². The Kier molecular flexibility index (Phi) is 2.76. The van der Waals surface area contributed by atoms with Gasteiger partial charge in [-0.2, -0.15) is 0 Å². The minimum absolute atomic E-state index is 0.161. The zero-order chi connectivity index (χ0) is 9.28. The normalized spacial score (nSPS) is 12.9. The van der Waals surface area contributed by atoms with Crippen molar-refractivity contribution in [2.45, 2.75) is 40.2 Å². The van der Waals surface area contributed by atoms with Gasteiger partial charge in [0.15, 0.2) is 0 Å². The SMILES string of the molecule is C=CN(C)C(C)(C)C(C)(C)C. The van der Waals surface area contributed by atoms with Gasteiger partial charge in [-0.15, -0.1) is 0 Å². The van der Waals surface area contributed by atoms with Gasteiger partial charge >= 0.3 is 0 Å². The highest BCUT2D eigenvalue weighted by Gasteiger charge is 2.34. The average Bonchev–Trinajstić information content (AvgIpc) is 1.83. The number of nitrogens with zero attached hydrogens (tertiary/aromatic N) is 1. The van der Waals surface area contributed by atoms with Crippen LogP contribution in [0.25, 0.3) is 0 Å². The van der Waals surface area contributed by atoms with Crippen molar-refractivity contribution in [3.05, 3.63) is 12.8 Å². The molecule has 1 nitrogen and oxygen atoms in total. The van der Waals surface area contributed by atoms with Crippen LogP contribution in [0.5, 0.6) is 0 Å². The second-order valence-electron chi connectivity index (χ2n) is 4.60. The van der Waals surface area contributed by atoms with E-state index in [1.807, 2.05) is 6.20 Å². The average molecular weight is 155 g/mol. The van der Waals surface area contributed by atoms with Gasteiger partial charge < -0.3 is 4.90 Å². The van der Waals surface area contributed by atoms with Crippen molar-refractivity contribution in [1.29, 1.82) is 0 Å². The Hall–Kier alpha value is -0.460. The van der Waals surface area contributed by atoms with Crippen LogP contribution < -0.4 is 0 Å². The quantitative estimate of drug-likeness (QED) is 0.592. The molecule has 0 N–H and O–H groups in total. The van der Waals surface area contributed by atoms with Gasteiger partial charge in [-0.3, -0.25) is 0 Å². The summed E-state index contributed by atoms with van der Waals surface area (Å²) in [6, 6.07) is 0. The Morgan fingerprint density at radius 2 is 1.45 bits per heavy atom. The lowest BCUT2D eigenvalue weighted by Gasteiger charge is -2.45. The second kappa shape index (κ2) is 2.88. The summed E-state index contributed by atoms with van der Waals surface area (Å²) in [6.45, 7) is 15.0. The van der Waals surface area contributed by atoms with Gasteiger partial charge in [0.2, 0.25) is 0 Å². The van der Waals surface area contributed by atoms with E-state index in [-0.39, 0.29) is 11.0 Å². The Morgan fingerprint density at radius 1 is 1.09 bits per heavy atom. The number of rotatable bonds is 2. The molecule has 0 unspecified atom stereocenters. The van der Waals surface area contributed by atoms with Crippen molar-refractivity contribution >= 4 is 0 Å².